The van der Waals surface area contributed by atoms with E-state index in [0.717, 1.165) is 52.0 Å². The molecule has 20 heavy (non-hydrogen) atoms. The second-order valence-corrected chi connectivity index (χ2v) is 6.95. The Hall–Kier alpha value is -1.10. The van der Waals surface area contributed by atoms with Gasteiger partial charge in [-0.25, -0.2) is 0 Å². The molecule has 1 saturated heterocycles. The zero-order valence-electron chi connectivity index (χ0n) is 13.4. The molecule has 0 unspecified atom stereocenters. The second-order valence-electron chi connectivity index (χ2n) is 6.95. The quantitative estimate of drug-likeness (QED) is 0.700. The van der Waals surface area contributed by atoms with E-state index in [-0.39, 0.29) is 11.0 Å². The van der Waals surface area contributed by atoms with E-state index in [9.17, 15) is 0 Å². The molecule has 1 rings (SSSR count). The van der Waals surface area contributed by atoms with E-state index in [1.807, 2.05) is 27.7 Å². The lowest BCUT2D eigenvalue weighted by Crippen LogP contribution is -2.54. The first-order chi connectivity index (χ1) is 9.30. The van der Waals surface area contributed by atoms with Crippen molar-refractivity contribution in [1.82, 2.24) is 9.80 Å². The maximum absolute atomic E-state index is 9.15. The van der Waals surface area contributed by atoms with Gasteiger partial charge in [0, 0.05) is 26.2 Å². The van der Waals surface area contributed by atoms with Gasteiger partial charge in [-0.05, 0) is 47.1 Å². The molecule has 112 valence electrons. The number of nitrogens with zero attached hydrogens (tertiary/aromatic N) is 4. The molecule has 1 aliphatic rings. The maximum Gasteiger partial charge on any atom is 0.103 e. The van der Waals surface area contributed by atoms with Crippen LogP contribution in [0.5, 0.6) is 0 Å². The molecule has 0 bridgehead atoms. The average molecular weight is 276 g/mol. The molecule has 0 radical (unpaired) electrons. The summed E-state index contributed by atoms with van der Waals surface area (Å²) in [4.78, 5) is 4.74. The third-order valence-electron chi connectivity index (χ3n) is 4.27. The Morgan fingerprint density at radius 2 is 1.50 bits per heavy atom. The first kappa shape index (κ1) is 17.0. The van der Waals surface area contributed by atoms with Gasteiger partial charge < -0.3 is 4.90 Å². The smallest absolute Gasteiger partial charge is 0.103 e. The molecule has 0 spiro atoms. The monoisotopic (exact) mass is 276 g/mol. The molecule has 0 aromatic heterocycles. The Labute approximate surface area is 124 Å². The Morgan fingerprint density at radius 1 is 0.900 bits per heavy atom. The van der Waals surface area contributed by atoms with E-state index in [1.54, 1.807) is 0 Å². The second kappa shape index (κ2) is 7.07. The van der Waals surface area contributed by atoms with Gasteiger partial charge in [-0.15, -0.1) is 0 Å². The summed E-state index contributed by atoms with van der Waals surface area (Å²) >= 11 is 0. The topological polar surface area (TPSA) is 54.1 Å². The van der Waals surface area contributed by atoms with Crippen LogP contribution in [0.1, 0.15) is 47.0 Å². The summed E-state index contributed by atoms with van der Waals surface area (Å²) in [6.45, 7) is 13.2. The van der Waals surface area contributed by atoms with Crippen molar-refractivity contribution in [1.29, 1.82) is 10.5 Å². The van der Waals surface area contributed by atoms with Crippen molar-refractivity contribution in [2.24, 2.45) is 5.41 Å². The van der Waals surface area contributed by atoms with Gasteiger partial charge in [0.2, 0.25) is 0 Å². The normalized spacial score (nSPS) is 18.5. The number of piperazine rings is 1. The van der Waals surface area contributed by atoms with E-state index in [1.165, 1.54) is 0 Å². The Kier molecular flexibility index (Phi) is 5.99. The number of rotatable bonds is 6. The molecule has 4 nitrogen and oxygen atoms in total. The van der Waals surface area contributed by atoms with Crippen LogP contribution in [0.2, 0.25) is 0 Å². The van der Waals surface area contributed by atoms with Crippen molar-refractivity contribution in [3.63, 3.8) is 0 Å². The van der Waals surface area contributed by atoms with E-state index in [0.29, 0.717) is 0 Å². The zero-order valence-corrected chi connectivity index (χ0v) is 13.4. The summed E-state index contributed by atoms with van der Waals surface area (Å²) in [5.74, 6) is 0. The molecule has 1 heterocycles. The molecule has 0 aliphatic carbocycles. The number of hydrogen-bond donors (Lipinski definition) is 0. The Balaban J connectivity index is 2.21. The van der Waals surface area contributed by atoms with Crippen molar-refractivity contribution in [3.05, 3.63) is 0 Å². The van der Waals surface area contributed by atoms with E-state index in [2.05, 4.69) is 21.9 Å². The number of nitriles is 2. The molecule has 0 atom stereocenters. The largest absolute Gasteiger partial charge is 0.301 e. The zero-order chi connectivity index (χ0) is 15.2. The molecule has 0 amide bonds. The molecule has 0 aromatic carbocycles. The van der Waals surface area contributed by atoms with Gasteiger partial charge in [-0.3, -0.25) is 4.90 Å². The van der Waals surface area contributed by atoms with Crippen molar-refractivity contribution in [2.75, 3.05) is 32.7 Å². The number of unbranched alkanes of at least 4 members (excludes halogenated alkanes) is 1. The fourth-order valence-corrected chi connectivity index (χ4v) is 2.56. The minimum atomic E-state index is -0.344. The fourth-order valence-electron chi connectivity index (χ4n) is 2.56. The van der Waals surface area contributed by atoms with Gasteiger partial charge in [0.25, 0.3) is 0 Å². The van der Waals surface area contributed by atoms with Crippen LogP contribution >= 0.6 is 0 Å². The SMILES string of the molecule is CC(C)(C#N)CCCCN1CCN(C(C)(C)C#N)CC1. The highest BCUT2D eigenvalue weighted by atomic mass is 15.3. The fraction of sp³-hybridized carbons (Fsp3) is 0.875. The predicted octanol–water partition coefficient (Wildman–Crippen LogP) is 2.63. The van der Waals surface area contributed by atoms with Crippen LogP contribution in [-0.4, -0.2) is 48.1 Å². The lowest BCUT2D eigenvalue weighted by molar-refractivity contribution is 0.0789. The van der Waals surface area contributed by atoms with E-state index < -0.39 is 0 Å². The third-order valence-corrected chi connectivity index (χ3v) is 4.27. The van der Waals surface area contributed by atoms with Gasteiger partial charge >= 0.3 is 0 Å². The van der Waals surface area contributed by atoms with Crippen LogP contribution in [0, 0.1) is 28.1 Å². The highest BCUT2D eigenvalue weighted by molar-refractivity contribution is 5.02. The molecule has 0 N–H and O–H groups in total. The van der Waals surface area contributed by atoms with E-state index >= 15 is 0 Å². The minimum absolute atomic E-state index is 0.185. The molecule has 1 fully saturated rings. The van der Waals surface area contributed by atoms with Crippen LogP contribution in [-0.2, 0) is 0 Å². The van der Waals surface area contributed by atoms with Gasteiger partial charge in [-0.2, -0.15) is 10.5 Å². The molecule has 1 aliphatic heterocycles. The minimum Gasteiger partial charge on any atom is -0.301 e. The lowest BCUT2D eigenvalue weighted by atomic mass is 9.89. The summed E-state index contributed by atoms with van der Waals surface area (Å²) in [7, 11) is 0. The van der Waals surface area contributed by atoms with Gasteiger partial charge in [-0.1, -0.05) is 6.42 Å². The molecular weight excluding hydrogens is 248 g/mol. The van der Waals surface area contributed by atoms with E-state index in [4.69, 9.17) is 10.5 Å². The van der Waals surface area contributed by atoms with Crippen LogP contribution in [0.3, 0.4) is 0 Å². The molecule has 0 aromatic rings. The highest BCUT2D eigenvalue weighted by Gasteiger charge is 2.29. The van der Waals surface area contributed by atoms with Crippen LogP contribution in [0.15, 0.2) is 0 Å². The molecular formula is C16H28N4. The van der Waals surface area contributed by atoms with Crippen molar-refractivity contribution in [2.45, 2.75) is 52.5 Å². The predicted molar refractivity (Wildman–Crippen MR) is 81.0 cm³/mol. The average Bonchev–Trinajstić information content (AvgIpc) is 2.44. The standard InChI is InChI=1S/C16H28N4/c1-15(2,13-17)7-5-6-8-19-9-11-20(12-10-19)16(3,4)14-18/h5-12H2,1-4H3. The first-order valence-corrected chi connectivity index (χ1v) is 7.61. The van der Waals surface area contributed by atoms with Gasteiger partial charge in [0.1, 0.15) is 5.54 Å². The molecule has 0 saturated carbocycles. The Morgan fingerprint density at radius 3 is 2.00 bits per heavy atom. The van der Waals surface area contributed by atoms with Gasteiger partial charge in [0.15, 0.2) is 0 Å². The number of hydrogen-bond acceptors (Lipinski definition) is 4. The van der Waals surface area contributed by atoms with Gasteiger partial charge in [0.05, 0.1) is 17.6 Å². The molecule has 4 heteroatoms. The van der Waals surface area contributed by atoms with Crippen LogP contribution in [0.4, 0.5) is 0 Å². The maximum atomic E-state index is 9.15. The van der Waals surface area contributed by atoms with Crippen LogP contribution < -0.4 is 0 Å². The summed E-state index contributed by atoms with van der Waals surface area (Å²) in [5, 5.41) is 18.1. The summed E-state index contributed by atoms with van der Waals surface area (Å²) in [6, 6.07) is 4.74. The summed E-state index contributed by atoms with van der Waals surface area (Å²) in [5.41, 5.74) is -0.529. The van der Waals surface area contributed by atoms with Crippen molar-refractivity contribution in [3.8, 4) is 12.1 Å². The van der Waals surface area contributed by atoms with Crippen molar-refractivity contribution >= 4 is 0 Å². The summed E-state index contributed by atoms with van der Waals surface area (Å²) in [6.07, 6.45) is 3.25. The lowest BCUT2D eigenvalue weighted by Gasteiger charge is -2.40. The highest BCUT2D eigenvalue weighted by Crippen LogP contribution is 2.22. The Bertz CT molecular complexity index is 378. The first-order valence-electron chi connectivity index (χ1n) is 7.61. The summed E-state index contributed by atoms with van der Waals surface area (Å²) < 4.78 is 0. The third kappa shape index (κ3) is 5.12. The van der Waals surface area contributed by atoms with Crippen LogP contribution in [0.25, 0.3) is 0 Å². The van der Waals surface area contributed by atoms with Crippen molar-refractivity contribution < 1.29 is 0 Å².